The lowest BCUT2D eigenvalue weighted by Gasteiger charge is -2.14. The smallest absolute Gasteiger partial charge is 0.316 e. The molecule has 0 bridgehead atoms. The highest BCUT2D eigenvalue weighted by Gasteiger charge is 2.10. The van der Waals surface area contributed by atoms with Gasteiger partial charge in [0.15, 0.2) is 0 Å². The summed E-state index contributed by atoms with van der Waals surface area (Å²) < 4.78 is 16.3. The fourth-order valence-electron chi connectivity index (χ4n) is 1.36. The van der Waals surface area contributed by atoms with Gasteiger partial charge in [0.25, 0.3) is 0 Å². The Labute approximate surface area is 115 Å². The van der Waals surface area contributed by atoms with Gasteiger partial charge in [0.2, 0.25) is 0 Å². The first-order valence-corrected chi connectivity index (χ1v) is 7.69. The molecule has 102 valence electrons. The van der Waals surface area contributed by atoms with Crippen LogP contribution in [0.1, 0.15) is 24.8 Å². The predicted octanol–water partition coefficient (Wildman–Crippen LogP) is 4.50. The second-order valence-electron chi connectivity index (χ2n) is 3.75. The van der Waals surface area contributed by atoms with E-state index < -0.39 is 8.60 Å². The van der Waals surface area contributed by atoms with Gasteiger partial charge in [-0.15, -0.1) is 11.6 Å². The summed E-state index contributed by atoms with van der Waals surface area (Å²) in [5, 5.41) is 0. The monoisotopic (exact) mass is 290 g/mol. The Hall–Kier alpha value is -0.180. The van der Waals surface area contributed by atoms with Gasteiger partial charge in [-0.2, -0.15) is 0 Å². The van der Waals surface area contributed by atoms with Gasteiger partial charge in [-0.3, -0.25) is 0 Å². The Morgan fingerprint density at radius 2 is 1.83 bits per heavy atom. The van der Waals surface area contributed by atoms with Crippen LogP contribution in [0.4, 0.5) is 0 Å². The van der Waals surface area contributed by atoms with Crippen LogP contribution in [0.3, 0.4) is 0 Å². The van der Waals surface area contributed by atoms with Crippen LogP contribution in [-0.4, -0.2) is 19.6 Å². The molecular formula is C13H20ClO3P. The zero-order valence-electron chi connectivity index (χ0n) is 10.7. The van der Waals surface area contributed by atoms with Crippen molar-refractivity contribution in [2.45, 2.75) is 25.9 Å². The van der Waals surface area contributed by atoms with Crippen LogP contribution in [0.5, 0.6) is 0 Å². The minimum absolute atomic E-state index is 0.516. The molecule has 1 unspecified atom stereocenters. The number of halogens is 1. The molecule has 0 aliphatic rings. The Bertz CT molecular complexity index is 298. The van der Waals surface area contributed by atoms with Crippen molar-refractivity contribution in [3.8, 4) is 0 Å². The van der Waals surface area contributed by atoms with Crippen LogP contribution in [0.2, 0.25) is 0 Å². The van der Waals surface area contributed by atoms with Gasteiger partial charge in [0.1, 0.15) is 0 Å². The van der Waals surface area contributed by atoms with Gasteiger partial charge in [-0.25, -0.2) is 0 Å². The lowest BCUT2D eigenvalue weighted by Crippen LogP contribution is -1.96. The zero-order chi connectivity index (χ0) is 13.1. The van der Waals surface area contributed by atoms with Crippen molar-refractivity contribution in [2.24, 2.45) is 0 Å². The standard InChI is InChI=1S/C13H20ClO3P/c1-15-18(16-11-7-3-6-10-14)17-12-13-8-4-2-5-9-13/h2,4-5,8-9H,3,6-7,10-12H2,1H3. The van der Waals surface area contributed by atoms with Gasteiger partial charge in [0.05, 0.1) is 13.2 Å². The summed E-state index contributed by atoms with van der Waals surface area (Å²) in [5.74, 6) is 0.712. The van der Waals surface area contributed by atoms with E-state index in [-0.39, 0.29) is 0 Å². The Kier molecular flexibility index (Phi) is 9.45. The van der Waals surface area contributed by atoms with Gasteiger partial charge in [-0.1, -0.05) is 30.3 Å². The first-order valence-electron chi connectivity index (χ1n) is 6.06. The normalized spacial score (nSPS) is 12.6. The van der Waals surface area contributed by atoms with Crippen LogP contribution >= 0.6 is 20.2 Å². The van der Waals surface area contributed by atoms with Crippen molar-refractivity contribution >= 4 is 20.2 Å². The van der Waals surface area contributed by atoms with Crippen molar-refractivity contribution in [1.82, 2.24) is 0 Å². The molecule has 0 saturated carbocycles. The molecule has 0 saturated heterocycles. The molecule has 1 rings (SSSR count). The predicted molar refractivity (Wildman–Crippen MR) is 75.7 cm³/mol. The maximum Gasteiger partial charge on any atom is 0.332 e. The summed E-state index contributed by atoms with van der Waals surface area (Å²) in [6.45, 7) is 1.17. The third-order valence-electron chi connectivity index (χ3n) is 2.30. The molecule has 18 heavy (non-hydrogen) atoms. The molecule has 0 aliphatic heterocycles. The van der Waals surface area contributed by atoms with Crippen molar-refractivity contribution in [3.63, 3.8) is 0 Å². The molecule has 3 nitrogen and oxygen atoms in total. The maximum atomic E-state index is 5.60. The van der Waals surface area contributed by atoms with E-state index in [1.54, 1.807) is 7.11 Å². The number of benzene rings is 1. The Morgan fingerprint density at radius 3 is 2.50 bits per heavy atom. The van der Waals surface area contributed by atoms with Crippen molar-refractivity contribution < 1.29 is 13.6 Å². The minimum Gasteiger partial charge on any atom is -0.316 e. The second kappa shape index (κ2) is 10.7. The number of hydrogen-bond donors (Lipinski definition) is 0. The summed E-state index contributed by atoms with van der Waals surface area (Å²) in [6, 6.07) is 9.99. The molecular weight excluding hydrogens is 271 g/mol. The Morgan fingerprint density at radius 1 is 1.06 bits per heavy atom. The summed E-state index contributed by atoms with van der Waals surface area (Å²) in [4.78, 5) is 0. The number of hydrogen-bond acceptors (Lipinski definition) is 3. The molecule has 0 spiro atoms. The zero-order valence-corrected chi connectivity index (χ0v) is 12.3. The highest BCUT2D eigenvalue weighted by atomic mass is 35.5. The SMILES string of the molecule is COP(OCCCCCCl)OCc1ccccc1. The average molecular weight is 291 g/mol. The molecule has 0 aliphatic carbocycles. The molecule has 0 N–H and O–H groups in total. The molecule has 0 aromatic heterocycles. The third kappa shape index (κ3) is 7.30. The van der Waals surface area contributed by atoms with E-state index in [9.17, 15) is 0 Å². The van der Waals surface area contributed by atoms with Gasteiger partial charge >= 0.3 is 8.60 Å². The first kappa shape index (κ1) is 15.9. The van der Waals surface area contributed by atoms with Crippen molar-refractivity contribution in [2.75, 3.05) is 19.6 Å². The second-order valence-corrected chi connectivity index (χ2v) is 5.45. The van der Waals surface area contributed by atoms with Crippen LogP contribution in [0, 0.1) is 0 Å². The topological polar surface area (TPSA) is 27.7 Å². The lowest BCUT2D eigenvalue weighted by molar-refractivity contribution is 0.172. The Balaban J connectivity index is 2.13. The molecule has 1 aromatic carbocycles. The molecule has 0 fully saturated rings. The average Bonchev–Trinajstić information content (AvgIpc) is 2.43. The molecule has 5 heteroatoms. The van der Waals surface area contributed by atoms with Gasteiger partial charge in [-0.05, 0) is 24.8 Å². The fraction of sp³-hybridized carbons (Fsp3) is 0.538. The summed E-state index contributed by atoms with van der Waals surface area (Å²) in [6.07, 6.45) is 3.10. The molecule has 0 radical (unpaired) electrons. The van der Waals surface area contributed by atoms with Crippen LogP contribution in [0.25, 0.3) is 0 Å². The van der Waals surface area contributed by atoms with Crippen LogP contribution in [0.15, 0.2) is 30.3 Å². The summed E-state index contributed by atoms with van der Waals surface area (Å²) in [7, 11) is 0.371. The molecule has 1 atom stereocenters. The van der Waals surface area contributed by atoms with Gasteiger partial charge < -0.3 is 13.6 Å². The highest BCUT2D eigenvalue weighted by Crippen LogP contribution is 2.39. The summed E-state index contributed by atoms with van der Waals surface area (Å²) in [5.41, 5.74) is 1.12. The number of unbranched alkanes of at least 4 members (excludes halogenated alkanes) is 2. The van der Waals surface area contributed by atoms with E-state index in [0.717, 1.165) is 24.8 Å². The first-order chi connectivity index (χ1) is 8.86. The van der Waals surface area contributed by atoms with E-state index >= 15 is 0 Å². The molecule has 0 amide bonds. The fourth-order valence-corrected chi connectivity index (χ4v) is 2.36. The van der Waals surface area contributed by atoms with Crippen LogP contribution in [-0.2, 0) is 20.2 Å². The summed E-state index contributed by atoms with van der Waals surface area (Å²) >= 11 is 5.60. The van der Waals surface area contributed by atoms with E-state index in [0.29, 0.717) is 19.1 Å². The maximum absolute atomic E-state index is 5.60. The van der Waals surface area contributed by atoms with E-state index in [1.165, 1.54) is 0 Å². The van der Waals surface area contributed by atoms with E-state index in [1.807, 2.05) is 30.3 Å². The van der Waals surface area contributed by atoms with Crippen LogP contribution < -0.4 is 0 Å². The number of rotatable bonds is 10. The van der Waals surface area contributed by atoms with E-state index in [4.69, 9.17) is 25.2 Å². The third-order valence-corrected chi connectivity index (χ3v) is 3.60. The largest absolute Gasteiger partial charge is 0.332 e. The minimum atomic E-state index is -1.24. The lowest BCUT2D eigenvalue weighted by atomic mass is 10.2. The van der Waals surface area contributed by atoms with Gasteiger partial charge in [0, 0.05) is 13.0 Å². The highest BCUT2D eigenvalue weighted by molar-refractivity contribution is 7.41. The quantitative estimate of drug-likeness (QED) is 0.361. The molecule has 0 heterocycles. The number of alkyl halides is 1. The van der Waals surface area contributed by atoms with E-state index in [2.05, 4.69) is 0 Å². The van der Waals surface area contributed by atoms with Crippen molar-refractivity contribution in [3.05, 3.63) is 35.9 Å². The molecule has 1 aromatic rings. The van der Waals surface area contributed by atoms with Crippen molar-refractivity contribution in [1.29, 1.82) is 0 Å².